The predicted molar refractivity (Wildman–Crippen MR) is 78.7 cm³/mol. The molecule has 0 aliphatic carbocycles. The summed E-state index contributed by atoms with van der Waals surface area (Å²) in [4.78, 5) is 11.7. The minimum absolute atomic E-state index is 0.0422. The summed E-state index contributed by atoms with van der Waals surface area (Å²) in [6.07, 6.45) is 2.20. The van der Waals surface area contributed by atoms with Crippen LogP contribution < -0.4 is 11.1 Å². The smallest absolute Gasteiger partial charge is 0.220 e. The van der Waals surface area contributed by atoms with Gasteiger partial charge in [0.2, 0.25) is 5.91 Å². The highest BCUT2D eigenvalue weighted by Gasteiger charge is 2.07. The summed E-state index contributed by atoms with van der Waals surface area (Å²) in [5.41, 5.74) is 8.64. The van der Waals surface area contributed by atoms with Gasteiger partial charge in [0.1, 0.15) is 0 Å². The molecule has 1 atom stereocenters. The van der Waals surface area contributed by atoms with E-state index in [-0.39, 0.29) is 11.8 Å². The third-order valence-electron chi connectivity index (χ3n) is 3.19. The van der Waals surface area contributed by atoms with Gasteiger partial charge in [-0.2, -0.15) is 5.10 Å². The summed E-state index contributed by atoms with van der Waals surface area (Å²) < 4.78 is 0. The molecule has 1 aromatic heterocycles. The molecule has 1 aromatic carbocycles. The number of aromatic amines is 1. The van der Waals surface area contributed by atoms with Gasteiger partial charge in [-0.05, 0) is 29.7 Å². The van der Waals surface area contributed by atoms with Gasteiger partial charge in [-0.1, -0.05) is 31.2 Å². The molecule has 5 heteroatoms. The van der Waals surface area contributed by atoms with Gasteiger partial charge < -0.3 is 11.1 Å². The van der Waals surface area contributed by atoms with Crippen molar-refractivity contribution < 1.29 is 4.79 Å². The van der Waals surface area contributed by atoms with Gasteiger partial charge in [0.15, 0.2) is 0 Å². The van der Waals surface area contributed by atoms with Crippen LogP contribution in [0.4, 0.5) is 0 Å². The van der Waals surface area contributed by atoms with Gasteiger partial charge in [-0.15, -0.1) is 0 Å². The minimum atomic E-state index is 0.0422. The van der Waals surface area contributed by atoms with Crippen LogP contribution in [0, 0.1) is 5.92 Å². The first-order chi connectivity index (χ1) is 9.69. The maximum Gasteiger partial charge on any atom is 0.220 e. The summed E-state index contributed by atoms with van der Waals surface area (Å²) in [6.45, 7) is 3.05. The van der Waals surface area contributed by atoms with E-state index in [9.17, 15) is 4.79 Å². The Labute approximate surface area is 118 Å². The van der Waals surface area contributed by atoms with E-state index in [4.69, 9.17) is 5.73 Å². The second-order valence-electron chi connectivity index (χ2n) is 4.99. The lowest BCUT2D eigenvalue weighted by Gasteiger charge is -2.09. The van der Waals surface area contributed by atoms with Crippen molar-refractivity contribution in [3.05, 3.63) is 42.1 Å². The van der Waals surface area contributed by atoms with Crippen LogP contribution in [0.1, 0.15) is 18.9 Å². The van der Waals surface area contributed by atoms with Crippen molar-refractivity contribution in [2.45, 2.75) is 19.9 Å². The molecule has 0 saturated heterocycles. The van der Waals surface area contributed by atoms with Gasteiger partial charge >= 0.3 is 0 Å². The van der Waals surface area contributed by atoms with Gasteiger partial charge in [-0.3, -0.25) is 9.89 Å². The number of nitrogens with one attached hydrogen (secondary N) is 2. The van der Waals surface area contributed by atoms with E-state index in [1.54, 1.807) is 6.20 Å². The zero-order valence-corrected chi connectivity index (χ0v) is 11.6. The molecule has 0 aliphatic heterocycles. The van der Waals surface area contributed by atoms with E-state index < -0.39 is 0 Å². The lowest BCUT2D eigenvalue weighted by molar-refractivity contribution is -0.122. The standard InChI is InChI=1S/C15H20N4O/c1-11(9-16)8-15(20)17-10-12-2-4-13(5-3-12)14-6-7-18-19-14/h2-7,11H,8-10,16H2,1H3,(H,17,20)(H,18,19). The molecular formula is C15H20N4O. The van der Waals surface area contributed by atoms with Crippen LogP contribution in [0.25, 0.3) is 11.3 Å². The SMILES string of the molecule is CC(CN)CC(=O)NCc1ccc(-c2ccn[nH]2)cc1. The van der Waals surface area contributed by atoms with Crippen LogP contribution in [0.15, 0.2) is 36.5 Å². The molecule has 0 spiro atoms. The van der Waals surface area contributed by atoms with Crippen LogP contribution in [0.2, 0.25) is 0 Å². The van der Waals surface area contributed by atoms with Crippen molar-refractivity contribution in [1.29, 1.82) is 0 Å². The molecule has 2 aromatic rings. The van der Waals surface area contributed by atoms with Crippen molar-refractivity contribution >= 4 is 5.91 Å². The molecule has 0 fully saturated rings. The van der Waals surface area contributed by atoms with Gasteiger partial charge in [-0.25, -0.2) is 0 Å². The highest BCUT2D eigenvalue weighted by molar-refractivity contribution is 5.76. The van der Waals surface area contributed by atoms with Crippen molar-refractivity contribution in [3.8, 4) is 11.3 Å². The number of carbonyl (C=O) groups excluding carboxylic acids is 1. The van der Waals surface area contributed by atoms with Gasteiger partial charge in [0, 0.05) is 19.2 Å². The molecule has 106 valence electrons. The number of amides is 1. The fourth-order valence-corrected chi connectivity index (χ4v) is 1.89. The number of aromatic nitrogens is 2. The maximum absolute atomic E-state index is 11.7. The Morgan fingerprint density at radius 1 is 1.35 bits per heavy atom. The highest BCUT2D eigenvalue weighted by atomic mass is 16.1. The Bertz CT molecular complexity index is 534. The number of hydrogen-bond donors (Lipinski definition) is 3. The Balaban J connectivity index is 1.87. The number of nitrogens with zero attached hydrogens (tertiary/aromatic N) is 1. The molecular weight excluding hydrogens is 252 g/mol. The van der Waals surface area contributed by atoms with Gasteiger partial charge in [0.05, 0.1) is 5.69 Å². The van der Waals surface area contributed by atoms with Gasteiger partial charge in [0.25, 0.3) is 0 Å². The summed E-state index contributed by atoms with van der Waals surface area (Å²) in [7, 11) is 0. The predicted octanol–water partition coefficient (Wildman–Crippen LogP) is 1.68. The molecule has 4 N–H and O–H groups in total. The molecule has 0 bridgehead atoms. The average Bonchev–Trinajstić information content (AvgIpc) is 2.99. The monoisotopic (exact) mass is 272 g/mol. The molecule has 2 rings (SSSR count). The fourth-order valence-electron chi connectivity index (χ4n) is 1.89. The number of rotatable bonds is 6. The third-order valence-corrected chi connectivity index (χ3v) is 3.19. The largest absolute Gasteiger partial charge is 0.352 e. The molecule has 0 radical (unpaired) electrons. The van der Waals surface area contributed by atoms with E-state index in [0.717, 1.165) is 16.8 Å². The molecule has 1 heterocycles. The lowest BCUT2D eigenvalue weighted by atomic mass is 10.1. The Morgan fingerprint density at radius 3 is 2.70 bits per heavy atom. The van der Waals surface area contributed by atoms with Crippen molar-refractivity contribution in [1.82, 2.24) is 15.5 Å². The third kappa shape index (κ3) is 3.93. The van der Waals surface area contributed by atoms with E-state index >= 15 is 0 Å². The van der Waals surface area contributed by atoms with Crippen LogP contribution in [-0.2, 0) is 11.3 Å². The van der Waals surface area contributed by atoms with Crippen molar-refractivity contribution in [3.63, 3.8) is 0 Å². The second-order valence-corrected chi connectivity index (χ2v) is 4.99. The van der Waals surface area contributed by atoms with E-state index in [2.05, 4.69) is 15.5 Å². The van der Waals surface area contributed by atoms with E-state index in [1.807, 2.05) is 37.3 Å². The minimum Gasteiger partial charge on any atom is -0.352 e. The Morgan fingerprint density at radius 2 is 2.10 bits per heavy atom. The van der Waals surface area contributed by atoms with Crippen LogP contribution in [0.5, 0.6) is 0 Å². The number of hydrogen-bond acceptors (Lipinski definition) is 3. The molecule has 0 saturated carbocycles. The number of nitrogens with two attached hydrogens (primary N) is 1. The molecule has 1 amide bonds. The Kier molecular flexibility index (Phi) is 4.90. The summed E-state index contributed by atoms with van der Waals surface area (Å²) in [5.74, 6) is 0.262. The lowest BCUT2D eigenvalue weighted by Crippen LogP contribution is -2.26. The van der Waals surface area contributed by atoms with E-state index in [1.165, 1.54) is 0 Å². The number of H-pyrrole nitrogens is 1. The average molecular weight is 272 g/mol. The summed E-state index contributed by atoms with van der Waals surface area (Å²) in [6, 6.07) is 9.95. The zero-order valence-electron chi connectivity index (χ0n) is 11.6. The van der Waals surface area contributed by atoms with Crippen molar-refractivity contribution in [2.24, 2.45) is 11.7 Å². The van der Waals surface area contributed by atoms with Crippen LogP contribution in [-0.4, -0.2) is 22.6 Å². The quantitative estimate of drug-likeness (QED) is 0.748. The van der Waals surface area contributed by atoms with Crippen LogP contribution >= 0.6 is 0 Å². The second kappa shape index (κ2) is 6.86. The maximum atomic E-state index is 11.7. The first-order valence-electron chi connectivity index (χ1n) is 6.74. The number of benzene rings is 1. The fraction of sp³-hybridized carbons (Fsp3) is 0.333. The Hall–Kier alpha value is -2.14. The zero-order chi connectivity index (χ0) is 14.4. The highest BCUT2D eigenvalue weighted by Crippen LogP contribution is 2.16. The molecule has 0 aliphatic rings. The number of carbonyl (C=O) groups is 1. The normalized spacial score (nSPS) is 12.1. The van der Waals surface area contributed by atoms with Crippen LogP contribution in [0.3, 0.4) is 0 Å². The first-order valence-corrected chi connectivity index (χ1v) is 6.74. The van der Waals surface area contributed by atoms with Crippen molar-refractivity contribution in [2.75, 3.05) is 6.54 Å². The topological polar surface area (TPSA) is 83.8 Å². The summed E-state index contributed by atoms with van der Waals surface area (Å²) >= 11 is 0. The van der Waals surface area contributed by atoms with E-state index in [0.29, 0.717) is 19.5 Å². The molecule has 20 heavy (non-hydrogen) atoms. The first kappa shape index (κ1) is 14.3. The molecule has 5 nitrogen and oxygen atoms in total. The summed E-state index contributed by atoms with van der Waals surface area (Å²) in [5, 5.41) is 9.75. The molecule has 1 unspecified atom stereocenters.